The molecule has 0 bridgehead atoms. The second-order valence-electron chi connectivity index (χ2n) is 2.22. The van der Waals surface area contributed by atoms with E-state index in [-0.39, 0.29) is 12.1 Å². The lowest BCUT2D eigenvalue weighted by Gasteiger charge is -2.18. The number of carbonyl (C=O) groups excluding carboxylic acids is 1. The molecule has 0 saturated carbocycles. The van der Waals surface area contributed by atoms with E-state index >= 15 is 0 Å². The van der Waals surface area contributed by atoms with Crippen LogP contribution in [0.1, 0.15) is 19.8 Å². The Hall–Kier alpha value is -1.06. The van der Waals surface area contributed by atoms with Gasteiger partial charge in [0.15, 0.2) is 0 Å². The van der Waals surface area contributed by atoms with Gasteiger partial charge in [-0.05, 0) is 6.92 Å². The molecule has 0 spiro atoms. The minimum Gasteiger partial charge on any atom is -0.456 e. The third-order valence-corrected chi connectivity index (χ3v) is 1.49. The topological polar surface area (TPSA) is 58.9 Å². The minimum atomic E-state index is -0.355. The molecule has 1 unspecified atom stereocenters. The molecule has 1 heterocycles. The van der Waals surface area contributed by atoms with Crippen molar-refractivity contribution in [3.63, 3.8) is 0 Å². The summed E-state index contributed by atoms with van der Waals surface area (Å²) in [6.45, 7) is 1.69. The Morgan fingerprint density at radius 2 is 2.40 bits per heavy atom. The molecule has 0 aromatic rings. The molecule has 1 N–H and O–H groups in total. The number of hydrogen-bond donors (Lipinski definition) is 1. The molecule has 1 fully saturated rings. The Labute approximate surface area is 58.5 Å². The van der Waals surface area contributed by atoms with Crippen LogP contribution < -0.4 is 0 Å². The van der Waals surface area contributed by atoms with Crippen LogP contribution in [0.5, 0.6) is 0 Å². The number of carbonyl (C=O) groups is 1. The predicted octanol–water partition coefficient (Wildman–Crippen LogP) is 0.542. The molecule has 4 heteroatoms. The minimum absolute atomic E-state index is 0.222. The van der Waals surface area contributed by atoms with Crippen molar-refractivity contribution in [2.24, 2.45) is 5.16 Å². The van der Waals surface area contributed by atoms with Gasteiger partial charge >= 0.3 is 5.97 Å². The molecule has 0 aromatic heterocycles. The molecule has 1 rings (SSSR count). The first-order chi connectivity index (χ1) is 4.74. The maximum absolute atomic E-state index is 10.6. The first kappa shape index (κ1) is 7.05. The molecular formula is C6H9NO3. The first-order valence-corrected chi connectivity index (χ1v) is 3.14. The second-order valence-corrected chi connectivity index (χ2v) is 2.22. The van der Waals surface area contributed by atoms with Crippen LogP contribution >= 0.6 is 0 Å². The predicted molar refractivity (Wildman–Crippen MR) is 34.0 cm³/mol. The van der Waals surface area contributed by atoms with E-state index in [4.69, 9.17) is 9.94 Å². The van der Waals surface area contributed by atoms with Gasteiger partial charge < -0.3 is 9.94 Å². The van der Waals surface area contributed by atoms with Crippen LogP contribution in [-0.4, -0.2) is 23.0 Å². The summed E-state index contributed by atoms with van der Waals surface area (Å²) in [6.07, 6.45) is 0.478. The van der Waals surface area contributed by atoms with Gasteiger partial charge in [-0.2, -0.15) is 0 Å². The molecule has 4 nitrogen and oxygen atoms in total. The van der Waals surface area contributed by atoms with Crippen LogP contribution in [-0.2, 0) is 9.53 Å². The summed E-state index contributed by atoms with van der Waals surface area (Å²) in [7, 11) is 0. The lowest BCUT2D eigenvalue weighted by atomic mass is 10.1. The fourth-order valence-electron chi connectivity index (χ4n) is 0.889. The maximum Gasteiger partial charge on any atom is 0.306 e. The van der Waals surface area contributed by atoms with Crippen molar-refractivity contribution in [3.05, 3.63) is 0 Å². The molecule has 0 radical (unpaired) electrons. The van der Waals surface area contributed by atoms with Gasteiger partial charge in [-0.1, -0.05) is 5.16 Å². The number of nitrogens with zero attached hydrogens (tertiary/aromatic N) is 1. The van der Waals surface area contributed by atoms with Crippen LogP contribution in [0.15, 0.2) is 5.16 Å². The van der Waals surface area contributed by atoms with Gasteiger partial charge in [0.25, 0.3) is 0 Å². The van der Waals surface area contributed by atoms with Crippen LogP contribution in [0.25, 0.3) is 0 Å². The molecular weight excluding hydrogens is 134 g/mol. The molecule has 0 aromatic carbocycles. The van der Waals surface area contributed by atoms with Gasteiger partial charge in [-0.3, -0.25) is 4.79 Å². The zero-order valence-electron chi connectivity index (χ0n) is 5.70. The largest absolute Gasteiger partial charge is 0.456 e. The highest BCUT2D eigenvalue weighted by Crippen LogP contribution is 2.10. The normalized spacial score (nSPS) is 30.3. The summed E-state index contributed by atoms with van der Waals surface area (Å²) in [5, 5.41) is 11.3. The van der Waals surface area contributed by atoms with Crippen molar-refractivity contribution >= 4 is 11.7 Å². The van der Waals surface area contributed by atoms with Gasteiger partial charge in [0.1, 0.15) is 6.10 Å². The van der Waals surface area contributed by atoms with Crippen molar-refractivity contribution in [3.8, 4) is 0 Å². The van der Waals surface area contributed by atoms with Crippen molar-refractivity contribution in [2.75, 3.05) is 0 Å². The number of oxime groups is 1. The Bertz CT molecular complexity index is 176. The average molecular weight is 143 g/mol. The molecule has 10 heavy (non-hydrogen) atoms. The van der Waals surface area contributed by atoms with Crippen molar-refractivity contribution in [1.82, 2.24) is 0 Å². The summed E-state index contributed by atoms with van der Waals surface area (Å²) in [5.41, 5.74) is 0.541. The molecule has 56 valence electrons. The molecule has 1 atom stereocenters. The van der Waals surface area contributed by atoms with E-state index in [0.29, 0.717) is 18.6 Å². The summed E-state index contributed by atoms with van der Waals surface area (Å²) >= 11 is 0. The lowest BCUT2D eigenvalue weighted by Crippen LogP contribution is -2.30. The smallest absolute Gasteiger partial charge is 0.306 e. The lowest BCUT2D eigenvalue weighted by molar-refractivity contribution is -0.146. The zero-order chi connectivity index (χ0) is 7.56. The van der Waals surface area contributed by atoms with Crippen molar-refractivity contribution in [2.45, 2.75) is 25.9 Å². The Kier molecular flexibility index (Phi) is 1.89. The van der Waals surface area contributed by atoms with E-state index < -0.39 is 0 Å². The summed E-state index contributed by atoms with van der Waals surface area (Å²) in [6, 6.07) is 0. The van der Waals surface area contributed by atoms with Gasteiger partial charge in [-0.25, -0.2) is 0 Å². The summed E-state index contributed by atoms with van der Waals surface area (Å²) in [4.78, 5) is 10.6. The SMILES string of the molecule is CC1OC(=O)CCC1=NO. The van der Waals surface area contributed by atoms with E-state index in [2.05, 4.69) is 5.16 Å². The van der Waals surface area contributed by atoms with E-state index in [9.17, 15) is 4.79 Å². The second kappa shape index (κ2) is 2.68. The van der Waals surface area contributed by atoms with Gasteiger partial charge in [0, 0.05) is 6.42 Å². The third-order valence-electron chi connectivity index (χ3n) is 1.49. The number of ether oxygens (including phenoxy) is 1. The van der Waals surface area contributed by atoms with Crippen LogP contribution in [0.4, 0.5) is 0 Å². The molecule has 1 aliphatic rings. The van der Waals surface area contributed by atoms with Crippen LogP contribution in [0.2, 0.25) is 0 Å². The highest BCUT2D eigenvalue weighted by atomic mass is 16.5. The number of esters is 1. The molecule has 1 saturated heterocycles. The van der Waals surface area contributed by atoms with Gasteiger partial charge in [-0.15, -0.1) is 0 Å². The molecule has 0 amide bonds. The fourth-order valence-corrected chi connectivity index (χ4v) is 0.889. The van der Waals surface area contributed by atoms with E-state index in [0.717, 1.165) is 0 Å². The third kappa shape index (κ3) is 1.26. The van der Waals surface area contributed by atoms with E-state index in [1.165, 1.54) is 0 Å². The summed E-state index contributed by atoms with van der Waals surface area (Å²) < 4.78 is 4.76. The molecule has 1 aliphatic heterocycles. The van der Waals surface area contributed by atoms with E-state index in [1.807, 2.05) is 0 Å². The number of hydrogen-bond acceptors (Lipinski definition) is 4. The maximum atomic E-state index is 10.6. The Morgan fingerprint density at radius 1 is 1.70 bits per heavy atom. The highest BCUT2D eigenvalue weighted by Gasteiger charge is 2.22. The fraction of sp³-hybridized carbons (Fsp3) is 0.667. The van der Waals surface area contributed by atoms with Crippen molar-refractivity contribution < 1.29 is 14.7 Å². The van der Waals surface area contributed by atoms with Crippen LogP contribution in [0.3, 0.4) is 0 Å². The summed E-state index contributed by atoms with van der Waals surface area (Å²) in [5.74, 6) is -0.222. The Balaban J connectivity index is 2.60. The Morgan fingerprint density at radius 3 is 2.90 bits per heavy atom. The highest BCUT2D eigenvalue weighted by molar-refractivity contribution is 5.94. The van der Waals surface area contributed by atoms with Gasteiger partial charge in [0.05, 0.1) is 12.1 Å². The zero-order valence-corrected chi connectivity index (χ0v) is 5.70. The number of cyclic esters (lactones) is 1. The van der Waals surface area contributed by atoms with Crippen LogP contribution in [0, 0.1) is 0 Å². The average Bonchev–Trinajstić information content (AvgIpc) is 1.88. The first-order valence-electron chi connectivity index (χ1n) is 3.14. The monoisotopic (exact) mass is 143 g/mol. The number of rotatable bonds is 0. The standard InChI is InChI=1S/C6H9NO3/c1-4-5(7-9)2-3-6(8)10-4/h4,9H,2-3H2,1H3. The van der Waals surface area contributed by atoms with Crippen molar-refractivity contribution in [1.29, 1.82) is 0 Å². The van der Waals surface area contributed by atoms with E-state index in [1.54, 1.807) is 6.92 Å². The van der Waals surface area contributed by atoms with Gasteiger partial charge in [0.2, 0.25) is 0 Å². The molecule has 0 aliphatic carbocycles. The quantitative estimate of drug-likeness (QED) is 0.306.